The van der Waals surface area contributed by atoms with Gasteiger partial charge in [0.1, 0.15) is 17.1 Å². The molecule has 0 aliphatic heterocycles. The standard InChI is InChI=1S/C27H30N4O3/c1-5-17-12-18(13-22(25(17)33)27(34)31(4)11-10-30(2)3)19-14-21-23(16-29-26(21)28-15-19)20-8-6-7-9-24(20)32/h6-9,12-16,32-33H,5,10-11H2,1-4H3,(H,28,29). The highest BCUT2D eigenvalue weighted by atomic mass is 16.3. The molecule has 0 aliphatic rings. The molecule has 0 bridgehead atoms. The Morgan fingerprint density at radius 1 is 1.00 bits per heavy atom. The lowest BCUT2D eigenvalue weighted by molar-refractivity contribution is 0.0783. The van der Waals surface area contributed by atoms with Crippen LogP contribution >= 0.6 is 0 Å². The number of aromatic nitrogens is 2. The zero-order chi connectivity index (χ0) is 24.4. The molecule has 0 aliphatic carbocycles. The Labute approximate surface area is 199 Å². The first-order valence-electron chi connectivity index (χ1n) is 11.3. The molecule has 176 valence electrons. The molecule has 0 saturated heterocycles. The molecule has 2 aromatic carbocycles. The van der Waals surface area contributed by atoms with Gasteiger partial charge in [-0.1, -0.05) is 25.1 Å². The Hall–Kier alpha value is -3.84. The van der Waals surface area contributed by atoms with E-state index in [1.807, 2.05) is 56.4 Å². The maximum Gasteiger partial charge on any atom is 0.257 e. The van der Waals surface area contributed by atoms with Crippen molar-refractivity contribution in [1.82, 2.24) is 19.8 Å². The van der Waals surface area contributed by atoms with Crippen LogP contribution in [0.25, 0.3) is 33.3 Å². The number of para-hydroxylation sites is 1. The highest BCUT2D eigenvalue weighted by Crippen LogP contribution is 2.37. The predicted octanol–water partition coefficient (Wildman–Crippen LogP) is 4.50. The van der Waals surface area contributed by atoms with Crippen LogP contribution < -0.4 is 0 Å². The number of benzene rings is 2. The fourth-order valence-electron chi connectivity index (χ4n) is 4.04. The normalized spacial score (nSPS) is 11.3. The number of phenolic OH excluding ortho intramolecular Hbond substituents is 2. The van der Waals surface area contributed by atoms with Crippen molar-refractivity contribution < 1.29 is 15.0 Å². The third kappa shape index (κ3) is 4.47. The lowest BCUT2D eigenvalue weighted by Gasteiger charge is -2.21. The Kier molecular flexibility index (Phi) is 6.56. The number of aryl methyl sites for hydroxylation is 1. The molecule has 7 heteroatoms. The number of nitrogens with one attached hydrogen (secondary N) is 1. The van der Waals surface area contributed by atoms with E-state index < -0.39 is 0 Å². The first-order valence-corrected chi connectivity index (χ1v) is 11.3. The molecule has 7 nitrogen and oxygen atoms in total. The van der Waals surface area contributed by atoms with Crippen LogP contribution in [-0.4, -0.2) is 70.1 Å². The molecule has 34 heavy (non-hydrogen) atoms. The molecule has 3 N–H and O–H groups in total. The van der Waals surface area contributed by atoms with Gasteiger partial charge in [-0.2, -0.15) is 0 Å². The van der Waals surface area contributed by atoms with Gasteiger partial charge >= 0.3 is 0 Å². The smallest absolute Gasteiger partial charge is 0.257 e. The molecule has 2 aromatic heterocycles. The number of phenols is 2. The van der Waals surface area contributed by atoms with E-state index in [2.05, 4.69) is 9.97 Å². The Balaban J connectivity index is 1.79. The van der Waals surface area contributed by atoms with Gasteiger partial charge in [-0.3, -0.25) is 4.79 Å². The second-order valence-corrected chi connectivity index (χ2v) is 8.75. The van der Waals surface area contributed by atoms with E-state index in [9.17, 15) is 15.0 Å². The minimum Gasteiger partial charge on any atom is -0.507 e. The summed E-state index contributed by atoms with van der Waals surface area (Å²) in [5.74, 6) is 0.000334. The molecule has 4 rings (SSSR count). The molecule has 1 amide bonds. The number of fused-ring (bicyclic) bond motifs is 1. The molecular weight excluding hydrogens is 428 g/mol. The Morgan fingerprint density at radius 2 is 1.76 bits per heavy atom. The third-order valence-corrected chi connectivity index (χ3v) is 6.09. The average Bonchev–Trinajstić information content (AvgIpc) is 3.25. The highest BCUT2D eigenvalue weighted by molar-refractivity contribution is 6.00. The molecular formula is C27H30N4O3. The van der Waals surface area contributed by atoms with Crippen LogP contribution in [0, 0.1) is 0 Å². The fraction of sp³-hybridized carbons (Fsp3) is 0.259. The Morgan fingerprint density at radius 3 is 2.47 bits per heavy atom. The van der Waals surface area contributed by atoms with Crippen LogP contribution in [0.3, 0.4) is 0 Å². The number of carbonyl (C=O) groups excluding carboxylic acids is 1. The van der Waals surface area contributed by atoms with Crippen LogP contribution in [-0.2, 0) is 6.42 Å². The summed E-state index contributed by atoms with van der Waals surface area (Å²) in [4.78, 5) is 24.5. The van der Waals surface area contributed by atoms with E-state index >= 15 is 0 Å². The zero-order valence-electron chi connectivity index (χ0n) is 20.0. The van der Waals surface area contributed by atoms with Crippen LogP contribution in [0.15, 0.2) is 54.9 Å². The quantitative estimate of drug-likeness (QED) is 0.379. The predicted molar refractivity (Wildman–Crippen MR) is 135 cm³/mol. The van der Waals surface area contributed by atoms with Crippen molar-refractivity contribution in [1.29, 1.82) is 0 Å². The van der Waals surface area contributed by atoms with Crippen molar-refractivity contribution in [2.24, 2.45) is 0 Å². The van der Waals surface area contributed by atoms with Gasteiger partial charge in [-0.05, 0) is 55.9 Å². The number of likely N-dealkylation sites (N-methyl/N-ethyl adjacent to an activating group) is 2. The molecule has 0 radical (unpaired) electrons. The summed E-state index contributed by atoms with van der Waals surface area (Å²) >= 11 is 0. The molecule has 0 fully saturated rings. The monoisotopic (exact) mass is 458 g/mol. The van der Waals surface area contributed by atoms with Gasteiger partial charge in [-0.25, -0.2) is 4.98 Å². The minimum atomic E-state index is -0.221. The van der Waals surface area contributed by atoms with Crippen molar-refractivity contribution in [2.45, 2.75) is 13.3 Å². The lowest BCUT2D eigenvalue weighted by atomic mass is 9.96. The van der Waals surface area contributed by atoms with Gasteiger partial charge in [0, 0.05) is 54.6 Å². The average molecular weight is 459 g/mol. The second-order valence-electron chi connectivity index (χ2n) is 8.75. The number of H-pyrrole nitrogens is 1. The van der Waals surface area contributed by atoms with E-state index in [0.29, 0.717) is 29.7 Å². The molecule has 0 atom stereocenters. The van der Waals surface area contributed by atoms with E-state index in [0.717, 1.165) is 28.6 Å². The number of aromatic hydroxyl groups is 2. The Bertz CT molecular complexity index is 1340. The van der Waals surface area contributed by atoms with Gasteiger partial charge in [0.2, 0.25) is 0 Å². The number of carbonyl (C=O) groups is 1. The number of rotatable bonds is 7. The van der Waals surface area contributed by atoms with Gasteiger partial charge < -0.3 is 25.0 Å². The van der Waals surface area contributed by atoms with E-state index in [4.69, 9.17) is 0 Å². The summed E-state index contributed by atoms with van der Waals surface area (Å²) in [6, 6.07) is 12.8. The van der Waals surface area contributed by atoms with Gasteiger partial charge in [0.25, 0.3) is 5.91 Å². The maximum atomic E-state index is 13.2. The van der Waals surface area contributed by atoms with E-state index in [-0.39, 0.29) is 23.0 Å². The number of hydrogen-bond acceptors (Lipinski definition) is 5. The third-order valence-electron chi connectivity index (χ3n) is 6.09. The molecule has 0 spiro atoms. The molecule has 0 unspecified atom stereocenters. The van der Waals surface area contributed by atoms with E-state index in [1.54, 1.807) is 36.3 Å². The number of nitrogens with zero attached hydrogens (tertiary/aromatic N) is 3. The number of hydrogen-bond donors (Lipinski definition) is 3. The SMILES string of the molecule is CCc1cc(-c2cnc3[nH]cc(-c4ccccc4O)c3c2)cc(C(=O)N(C)CCN(C)C)c1O. The number of aromatic amines is 1. The number of pyridine rings is 1. The van der Waals surface area contributed by atoms with Crippen molar-refractivity contribution >= 4 is 16.9 Å². The van der Waals surface area contributed by atoms with Crippen molar-refractivity contribution in [2.75, 3.05) is 34.2 Å². The summed E-state index contributed by atoms with van der Waals surface area (Å²) < 4.78 is 0. The van der Waals surface area contributed by atoms with Crippen LogP contribution in [0.1, 0.15) is 22.8 Å². The minimum absolute atomic E-state index is 0.0264. The fourth-order valence-corrected chi connectivity index (χ4v) is 4.04. The number of amides is 1. The van der Waals surface area contributed by atoms with E-state index in [1.165, 1.54) is 0 Å². The zero-order valence-corrected chi connectivity index (χ0v) is 20.0. The summed E-state index contributed by atoms with van der Waals surface area (Å²) in [6.07, 6.45) is 4.17. The van der Waals surface area contributed by atoms with Crippen molar-refractivity contribution in [3.63, 3.8) is 0 Å². The van der Waals surface area contributed by atoms with Gasteiger partial charge in [-0.15, -0.1) is 0 Å². The van der Waals surface area contributed by atoms with Crippen LogP contribution in [0.4, 0.5) is 0 Å². The van der Waals surface area contributed by atoms with Crippen molar-refractivity contribution in [3.8, 4) is 33.8 Å². The molecule has 0 saturated carbocycles. The van der Waals surface area contributed by atoms with Crippen LogP contribution in [0.5, 0.6) is 11.5 Å². The maximum absolute atomic E-state index is 13.2. The summed E-state index contributed by atoms with van der Waals surface area (Å²) in [5, 5.41) is 22.0. The second kappa shape index (κ2) is 9.57. The molecule has 4 aromatic rings. The largest absolute Gasteiger partial charge is 0.507 e. The van der Waals surface area contributed by atoms with Crippen molar-refractivity contribution in [3.05, 3.63) is 66.0 Å². The lowest BCUT2D eigenvalue weighted by Crippen LogP contribution is -2.33. The van der Waals surface area contributed by atoms with Gasteiger partial charge in [0.05, 0.1) is 5.56 Å². The van der Waals surface area contributed by atoms with Gasteiger partial charge in [0.15, 0.2) is 0 Å². The summed E-state index contributed by atoms with van der Waals surface area (Å²) in [5.41, 5.74) is 4.88. The summed E-state index contributed by atoms with van der Waals surface area (Å²) in [6.45, 7) is 3.23. The topological polar surface area (TPSA) is 92.7 Å². The van der Waals surface area contributed by atoms with Crippen LogP contribution in [0.2, 0.25) is 0 Å². The summed E-state index contributed by atoms with van der Waals surface area (Å²) in [7, 11) is 5.66. The highest BCUT2D eigenvalue weighted by Gasteiger charge is 2.20. The first kappa shape index (κ1) is 23.3. The first-order chi connectivity index (χ1) is 16.3. The molecule has 2 heterocycles.